The van der Waals surface area contributed by atoms with Crippen LogP contribution in [-0.2, 0) is 28.4 Å². The molecule has 3 aliphatic heterocycles. The molecule has 4 aliphatic rings. The first-order valence-corrected chi connectivity index (χ1v) is 13.9. The summed E-state index contributed by atoms with van der Waals surface area (Å²) in [5, 5.41) is 73.0. The first-order valence-electron chi connectivity index (χ1n) is 13.9. The van der Waals surface area contributed by atoms with Crippen molar-refractivity contribution in [2.75, 3.05) is 19.7 Å². The van der Waals surface area contributed by atoms with E-state index in [1.807, 2.05) is 0 Å². The van der Waals surface area contributed by atoms with E-state index in [-0.39, 0.29) is 19.5 Å². The van der Waals surface area contributed by atoms with Gasteiger partial charge in [-0.25, -0.2) is 0 Å². The molecule has 246 valence electrons. The Kier molecular flexibility index (Phi) is 11.5. The Balaban J connectivity index is 1.50. The normalized spacial score (nSPS) is 53.8. The summed E-state index contributed by atoms with van der Waals surface area (Å²) in [6, 6.07) is -4.18. The van der Waals surface area contributed by atoms with Gasteiger partial charge in [0.1, 0.15) is 67.1 Å². The van der Waals surface area contributed by atoms with Crippen LogP contribution < -0.4 is 34.4 Å². The van der Waals surface area contributed by atoms with Crippen molar-refractivity contribution in [3.63, 3.8) is 0 Å². The summed E-state index contributed by atoms with van der Waals surface area (Å²) in [5.74, 6) is 0. The molecule has 3 heterocycles. The quantitative estimate of drug-likeness (QED) is 0.115. The lowest BCUT2D eigenvalue weighted by molar-refractivity contribution is -0.306. The molecule has 0 amide bonds. The first kappa shape index (κ1) is 34.1. The molecule has 19 heteroatoms. The van der Waals surface area contributed by atoms with Crippen molar-refractivity contribution in [3.8, 4) is 0 Å². The van der Waals surface area contributed by atoms with E-state index in [1.54, 1.807) is 0 Å². The van der Waals surface area contributed by atoms with Gasteiger partial charge in [0, 0.05) is 25.2 Å². The zero-order chi connectivity index (χ0) is 31.0. The fourth-order valence-corrected chi connectivity index (χ4v) is 5.74. The maximum atomic E-state index is 11.1. The Morgan fingerprint density at radius 1 is 0.524 bits per heavy atom. The minimum Gasteiger partial charge on any atom is -0.394 e. The van der Waals surface area contributed by atoms with E-state index in [4.69, 9.17) is 62.8 Å². The summed E-state index contributed by atoms with van der Waals surface area (Å²) in [7, 11) is 0. The second kappa shape index (κ2) is 14.1. The predicted octanol–water partition coefficient (Wildman–Crippen LogP) is -8.90. The maximum absolute atomic E-state index is 11.1. The van der Waals surface area contributed by atoms with Gasteiger partial charge in [-0.15, -0.1) is 0 Å². The summed E-state index contributed by atoms with van der Waals surface area (Å²) in [6.45, 7) is -0.967. The van der Waals surface area contributed by atoms with Gasteiger partial charge in [0.25, 0.3) is 0 Å². The lowest BCUT2D eigenvalue weighted by Gasteiger charge is -2.47. The highest BCUT2D eigenvalue weighted by Crippen LogP contribution is 2.34. The SMILES string of the molecule is NCC1O[C@H](O[C@@H]2C(N)C[C@@H](N)C(O)C2O[C@@H]2O[C@H](CO)[C@H](OC3O[C@@H](CN)C(O)C(O)[C@H]3N)[C@@H]2O)C(N)C(O)[C@@H]1O. The average molecular weight is 615 g/mol. The lowest BCUT2D eigenvalue weighted by atomic mass is 9.84. The van der Waals surface area contributed by atoms with Crippen LogP contribution in [0.5, 0.6) is 0 Å². The smallest absolute Gasteiger partial charge is 0.187 e. The second-order valence-electron chi connectivity index (χ2n) is 11.2. The van der Waals surface area contributed by atoms with E-state index in [0.717, 1.165) is 0 Å². The predicted molar refractivity (Wildman–Crippen MR) is 138 cm³/mol. The Morgan fingerprint density at radius 3 is 1.45 bits per heavy atom. The fourth-order valence-electron chi connectivity index (χ4n) is 5.74. The van der Waals surface area contributed by atoms with Crippen LogP contribution in [0.4, 0.5) is 0 Å². The van der Waals surface area contributed by atoms with Crippen LogP contribution in [0.1, 0.15) is 6.42 Å². The molecule has 9 unspecified atom stereocenters. The third-order valence-electron chi connectivity index (χ3n) is 8.37. The van der Waals surface area contributed by atoms with Gasteiger partial charge in [-0.1, -0.05) is 0 Å². The van der Waals surface area contributed by atoms with Gasteiger partial charge in [0.2, 0.25) is 0 Å². The van der Waals surface area contributed by atoms with Crippen LogP contribution in [0.3, 0.4) is 0 Å². The number of aliphatic hydroxyl groups excluding tert-OH is 7. The molecule has 1 aliphatic carbocycles. The van der Waals surface area contributed by atoms with Crippen molar-refractivity contribution in [1.82, 2.24) is 0 Å². The molecule has 4 fully saturated rings. The molecule has 3 saturated heterocycles. The van der Waals surface area contributed by atoms with E-state index in [2.05, 4.69) is 0 Å². The van der Waals surface area contributed by atoms with E-state index < -0.39 is 123 Å². The molecular formula is C23H46N6O13. The number of rotatable bonds is 9. The molecule has 4 rings (SSSR count). The van der Waals surface area contributed by atoms with Crippen molar-refractivity contribution < 1.29 is 64.2 Å². The Hall–Kier alpha value is -0.760. The summed E-state index contributed by atoms with van der Waals surface area (Å²) >= 11 is 0. The van der Waals surface area contributed by atoms with Crippen molar-refractivity contribution in [1.29, 1.82) is 0 Å². The van der Waals surface area contributed by atoms with Crippen molar-refractivity contribution in [3.05, 3.63) is 0 Å². The van der Waals surface area contributed by atoms with Gasteiger partial charge in [0.15, 0.2) is 18.9 Å². The molecular weight excluding hydrogens is 568 g/mol. The Bertz CT molecular complexity index is 868. The molecule has 0 aromatic carbocycles. The minimum absolute atomic E-state index is 0.0889. The molecule has 19 N–H and O–H groups in total. The van der Waals surface area contributed by atoms with E-state index >= 15 is 0 Å². The third-order valence-corrected chi connectivity index (χ3v) is 8.37. The zero-order valence-corrected chi connectivity index (χ0v) is 22.8. The van der Waals surface area contributed by atoms with Gasteiger partial charge in [0.05, 0.1) is 24.8 Å². The van der Waals surface area contributed by atoms with Gasteiger partial charge in [-0.2, -0.15) is 0 Å². The highest BCUT2D eigenvalue weighted by atomic mass is 16.8. The summed E-state index contributed by atoms with van der Waals surface area (Å²) in [4.78, 5) is 0. The molecule has 0 bridgehead atoms. The summed E-state index contributed by atoms with van der Waals surface area (Å²) in [6.07, 6.45) is -19.8. The zero-order valence-electron chi connectivity index (χ0n) is 22.8. The fraction of sp³-hybridized carbons (Fsp3) is 1.00. The van der Waals surface area contributed by atoms with Crippen LogP contribution >= 0.6 is 0 Å². The van der Waals surface area contributed by atoms with Gasteiger partial charge in [-0.05, 0) is 6.42 Å². The van der Waals surface area contributed by atoms with Gasteiger partial charge < -0.3 is 98.6 Å². The Morgan fingerprint density at radius 2 is 0.976 bits per heavy atom. The van der Waals surface area contributed by atoms with E-state index in [0.29, 0.717) is 0 Å². The molecule has 1 saturated carbocycles. The van der Waals surface area contributed by atoms with Crippen molar-refractivity contribution >= 4 is 0 Å². The van der Waals surface area contributed by atoms with Crippen LogP contribution in [0.15, 0.2) is 0 Å². The standard InChI is InChI=1S/C23H46N6O13/c24-2-7-13(32)15(34)10(28)21(37-7)40-18-6(27)1-5(26)12(31)20(18)42-23-17(36)19(9(4-30)39-23)41-22-11(29)16(35)14(33)8(3-25)38-22/h5-23,30-36H,1-4,24-29H2/t5-,6?,7?,8+,9-,10?,11-,12?,13-,14?,15?,16?,17+,18-,19+,20?,21-,22?,23+/m1/s1. The lowest BCUT2D eigenvalue weighted by Crippen LogP contribution is -2.68. The minimum atomic E-state index is -1.60. The molecule has 42 heavy (non-hydrogen) atoms. The third kappa shape index (κ3) is 6.60. The number of hydrogen-bond acceptors (Lipinski definition) is 19. The van der Waals surface area contributed by atoms with Crippen molar-refractivity contribution in [2.45, 2.75) is 123 Å². The summed E-state index contributed by atoms with van der Waals surface area (Å²) in [5.41, 5.74) is 35.6. The van der Waals surface area contributed by atoms with Gasteiger partial charge in [-0.3, -0.25) is 0 Å². The summed E-state index contributed by atoms with van der Waals surface area (Å²) < 4.78 is 34.6. The van der Waals surface area contributed by atoms with E-state index in [9.17, 15) is 35.7 Å². The largest absolute Gasteiger partial charge is 0.394 e. The highest BCUT2D eigenvalue weighted by molar-refractivity contribution is 5.02. The number of aliphatic hydroxyl groups is 7. The Labute approximate surface area is 241 Å². The monoisotopic (exact) mass is 614 g/mol. The topological polar surface area (TPSA) is 353 Å². The van der Waals surface area contributed by atoms with Crippen LogP contribution in [0, 0.1) is 0 Å². The van der Waals surface area contributed by atoms with Crippen molar-refractivity contribution in [2.24, 2.45) is 34.4 Å². The molecule has 0 aromatic heterocycles. The molecule has 0 radical (unpaired) electrons. The van der Waals surface area contributed by atoms with Crippen LogP contribution in [0.25, 0.3) is 0 Å². The number of hydrogen-bond donors (Lipinski definition) is 13. The van der Waals surface area contributed by atoms with Gasteiger partial charge >= 0.3 is 0 Å². The van der Waals surface area contributed by atoms with E-state index in [1.165, 1.54) is 0 Å². The molecule has 19 nitrogen and oxygen atoms in total. The first-order chi connectivity index (χ1) is 19.8. The molecule has 19 atom stereocenters. The van der Waals surface area contributed by atoms with Crippen LogP contribution in [-0.4, -0.2) is 172 Å². The average Bonchev–Trinajstić information content (AvgIpc) is 3.27. The number of ether oxygens (including phenoxy) is 6. The second-order valence-corrected chi connectivity index (χ2v) is 11.2. The number of nitrogens with two attached hydrogens (primary N) is 6. The molecule has 0 spiro atoms. The molecule has 0 aromatic rings. The van der Waals surface area contributed by atoms with Crippen LogP contribution in [0.2, 0.25) is 0 Å². The maximum Gasteiger partial charge on any atom is 0.187 e. The highest BCUT2D eigenvalue weighted by Gasteiger charge is 2.54.